The first-order valence-corrected chi connectivity index (χ1v) is 6.89. The molecule has 3 aromatic rings. The molecule has 6 heteroatoms. The van der Waals surface area contributed by atoms with Crippen molar-refractivity contribution in [1.29, 1.82) is 0 Å². The molecular formula is C14H7BrClF2NO. The van der Waals surface area contributed by atoms with Gasteiger partial charge in [0.05, 0.1) is 10.9 Å². The molecular weight excluding hydrogens is 352 g/mol. The highest BCUT2D eigenvalue weighted by molar-refractivity contribution is 9.10. The van der Waals surface area contributed by atoms with Gasteiger partial charge in [-0.1, -0.05) is 17.7 Å². The SMILES string of the molecule is Fc1cc(Cl)ccc1Cc1nc2c(F)ccc(Br)c2o1. The van der Waals surface area contributed by atoms with E-state index >= 15 is 0 Å². The number of benzene rings is 2. The second-order valence-corrected chi connectivity index (χ2v) is 5.52. The quantitative estimate of drug-likeness (QED) is 0.636. The van der Waals surface area contributed by atoms with Gasteiger partial charge in [0, 0.05) is 5.02 Å². The number of fused-ring (bicyclic) bond motifs is 1. The molecule has 1 heterocycles. The molecule has 0 fully saturated rings. The summed E-state index contributed by atoms with van der Waals surface area (Å²) < 4.78 is 33.4. The summed E-state index contributed by atoms with van der Waals surface area (Å²) >= 11 is 8.95. The first-order valence-electron chi connectivity index (χ1n) is 5.72. The average Bonchev–Trinajstić information content (AvgIpc) is 2.83. The van der Waals surface area contributed by atoms with Crippen molar-refractivity contribution in [3.8, 4) is 0 Å². The lowest BCUT2D eigenvalue weighted by Crippen LogP contribution is -1.92. The van der Waals surface area contributed by atoms with E-state index in [-0.39, 0.29) is 17.8 Å². The van der Waals surface area contributed by atoms with Crippen LogP contribution in [0.1, 0.15) is 11.5 Å². The van der Waals surface area contributed by atoms with Crippen LogP contribution in [0.5, 0.6) is 0 Å². The van der Waals surface area contributed by atoms with E-state index in [2.05, 4.69) is 20.9 Å². The predicted molar refractivity (Wildman–Crippen MR) is 75.9 cm³/mol. The Morgan fingerprint density at radius 1 is 1.15 bits per heavy atom. The third-order valence-corrected chi connectivity index (χ3v) is 3.71. The Morgan fingerprint density at radius 2 is 1.95 bits per heavy atom. The Morgan fingerprint density at radius 3 is 2.65 bits per heavy atom. The van der Waals surface area contributed by atoms with Gasteiger partial charge >= 0.3 is 0 Å². The van der Waals surface area contributed by atoms with Crippen LogP contribution in [0.15, 0.2) is 39.2 Å². The van der Waals surface area contributed by atoms with Gasteiger partial charge in [0.15, 0.2) is 17.3 Å². The van der Waals surface area contributed by atoms with Crippen LogP contribution in [0.25, 0.3) is 11.1 Å². The third-order valence-electron chi connectivity index (χ3n) is 2.85. The van der Waals surface area contributed by atoms with Crippen molar-refractivity contribution in [2.75, 3.05) is 0 Å². The van der Waals surface area contributed by atoms with Crippen molar-refractivity contribution < 1.29 is 13.2 Å². The summed E-state index contributed by atoms with van der Waals surface area (Å²) in [4.78, 5) is 4.06. The van der Waals surface area contributed by atoms with Crippen LogP contribution in [0.4, 0.5) is 8.78 Å². The summed E-state index contributed by atoms with van der Waals surface area (Å²) in [7, 11) is 0. The van der Waals surface area contributed by atoms with Crippen molar-refractivity contribution in [2.45, 2.75) is 6.42 Å². The molecule has 0 radical (unpaired) electrons. The van der Waals surface area contributed by atoms with Gasteiger partial charge < -0.3 is 4.42 Å². The molecule has 20 heavy (non-hydrogen) atoms. The molecule has 1 aromatic heterocycles. The molecule has 0 saturated carbocycles. The number of nitrogens with zero attached hydrogens (tertiary/aromatic N) is 1. The van der Waals surface area contributed by atoms with Gasteiger partial charge in [0.1, 0.15) is 11.3 Å². The molecule has 2 aromatic carbocycles. The van der Waals surface area contributed by atoms with Crippen molar-refractivity contribution in [2.24, 2.45) is 0 Å². The highest BCUT2D eigenvalue weighted by atomic mass is 79.9. The Hall–Kier alpha value is -1.46. The maximum atomic E-state index is 13.7. The zero-order chi connectivity index (χ0) is 14.3. The van der Waals surface area contributed by atoms with Gasteiger partial charge in [-0.2, -0.15) is 0 Å². The first-order chi connectivity index (χ1) is 9.54. The van der Waals surface area contributed by atoms with Crippen molar-refractivity contribution in [3.63, 3.8) is 0 Å². The molecule has 0 unspecified atom stereocenters. The molecule has 0 atom stereocenters. The zero-order valence-corrected chi connectivity index (χ0v) is 12.3. The van der Waals surface area contributed by atoms with Gasteiger partial charge in [0.2, 0.25) is 0 Å². The largest absolute Gasteiger partial charge is 0.439 e. The van der Waals surface area contributed by atoms with E-state index in [4.69, 9.17) is 16.0 Å². The van der Waals surface area contributed by atoms with Gasteiger partial charge in [0.25, 0.3) is 0 Å². The predicted octanol–water partition coefficient (Wildman–Crippen LogP) is 5.11. The van der Waals surface area contributed by atoms with Crippen LogP contribution in [0, 0.1) is 11.6 Å². The number of halogens is 4. The van der Waals surface area contributed by atoms with E-state index < -0.39 is 11.6 Å². The lowest BCUT2D eigenvalue weighted by atomic mass is 10.1. The van der Waals surface area contributed by atoms with Crippen molar-refractivity contribution >= 4 is 38.6 Å². The Labute approximate surface area is 126 Å². The smallest absolute Gasteiger partial charge is 0.200 e. The maximum absolute atomic E-state index is 13.7. The lowest BCUT2D eigenvalue weighted by molar-refractivity contribution is 0.533. The molecule has 0 aliphatic rings. The summed E-state index contributed by atoms with van der Waals surface area (Å²) in [5.74, 6) is -0.680. The topological polar surface area (TPSA) is 26.0 Å². The van der Waals surface area contributed by atoms with E-state index in [0.29, 0.717) is 20.6 Å². The lowest BCUT2D eigenvalue weighted by Gasteiger charge is -2.00. The minimum atomic E-state index is -0.477. The van der Waals surface area contributed by atoms with Crippen LogP contribution in [0.2, 0.25) is 5.02 Å². The molecule has 0 amide bonds. The molecule has 0 saturated heterocycles. The average molecular weight is 359 g/mol. The van der Waals surface area contributed by atoms with Gasteiger partial charge in [-0.15, -0.1) is 0 Å². The van der Waals surface area contributed by atoms with E-state index in [1.807, 2.05) is 0 Å². The molecule has 3 rings (SSSR count). The standard InChI is InChI=1S/C14H7BrClF2NO/c15-9-3-4-10(17)13-14(9)20-12(19-13)5-7-1-2-8(16)6-11(7)18/h1-4,6H,5H2. The first kappa shape index (κ1) is 13.5. The highest BCUT2D eigenvalue weighted by Gasteiger charge is 2.14. The Bertz CT molecular complexity index is 764. The number of hydrogen-bond acceptors (Lipinski definition) is 2. The normalized spacial score (nSPS) is 11.2. The third kappa shape index (κ3) is 2.43. The van der Waals surface area contributed by atoms with Crippen LogP contribution in [-0.4, -0.2) is 4.98 Å². The van der Waals surface area contributed by atoms with E-state index in [1.54, 1.807) is 12.1 Å². The fraction of sp³-hybridized carbons (Fsp3) is 0.0714. The summed E-state index contributed by atoms with van der Waals surface area (Å²) in [6.45, 7) is 0. The second kappa shape index (κ2) is 5.14. The molecule has 0 aliphatic heterocycles. The van der Waals surface area contributed by atoms with Crippen LogP contribution in [0.3, 0.4) is 0 Å². The zero-order valence-electron chi connectivity index (χ0n) is 9.96. The van der Waals surface area contributed by atoms with Crippen LogP contribution >= 0.6 is 27.5 Å². The molecule has 0 bridgehead atoms. The fourth-order valence-electron chi connectivity index (χ4n) is 1.89. The van der Waals surface area contributed by atoms with Crippen LogP contribution in [-0.2, 0) is 6.42 Å². The van der Waals surface area contributed by atoms with Gasteiger partial charge in [-0.25, -0.2) is 13.8 Å². The molecule has 2 nitrogen and oxygen atoms in total. The van der Waals surface area contributed by atoms with Crippen molar-refractivity contribution in [3.05, 3.63) is 62.9 Å². The molecule has 0 spiro atoms. The monoisotopic (exact) mass is 357 g/mol. The number of hydrogen-bond donors (Lipinski definition) is 0. The summed E-state index contributed by atoms with van der Waals surface area (Å²) in [5, 5.41) is 0.317. The maximum Gasteiger partial charge on any atom is 0.200 e. The van der Waals surface area contributed by atoms with Crippen molar-refractivity contribution in [1.82, 2.24) is 4.98 Å². The van der Waals surface area contributed by atoms with E-state index in [1.165, 1.54) is 18.2 Å². The number of aromatic nitrogens is 1. The Balaban J connectivity index is 2.03. The van der Waals surface area contributed by atoms with E-state index in [0.717, 1.165) is 0 Å². The van der Waals surface area contributed by atoms with Gasteiger partial charge in [-0.05, 0) is 45.8 Å². The van der Waals surface area contributed by atoms with E-state index in [9.17, 15) is 8.78 Å². The molecule has 102 valence electrons. The minimum absolute atomic E-state index is 0.128. The second-order valence-electron chi connectivity index (χ2n) is 4.23. The summed E-state index contributed by atoms with van der Waals surface area (Å²) in [5.41, 5.74) is 0.829. The summed E-state index contributed by atoms with van der Waals surface area (Å²) in [6.07, 6.45) is 0.129. The fourth-order valence-corrected chi connectivity index (χ4v) is 2.45. The number of oxazole rings is 1. The summed E-state index contributed by atoms with van der Waals surface area (Å²) in [6, 6.07) is 7.18. The van der Waals surface area contributed by atoms with Crippen LogP contribution < -0.4 is 0 Å². The number of rotatable bonds is 2. The Kier molecular flexibility index (Phi) is 3.48. The molecule has 0 aliphatic carbocycles. The minimum Gasteiger partial charge on any atom is -0.439 e. The molecule has 0 N–H and O–H groups in total. The highest BCUT2D eigenvalue weighted by Crippen LogP contribution is 2.28. The van der Waals surface area contributed by atoms with Gasteiger partial charge in [-0.3, -0.25) is 0 Å².